The fourth-order valence-electron chi connectivity index (χ4n) is 11.0. The van der Waals surface area contributed by atoms with Crippen molar-refractivity contribution >= 4 is 87.6 Å². The molecule has 8 aromatic heterocycles. The van der Waals surface area contributed by atoms with Crippen LogP contribution in [0.2, 0.25) is 0 Å². The third-order valence-electron chi connectivity index (χ3n) is 14.1. The molecule has 8 heterocycles. The lowest BCUT2D eigenvalue weighted by molar-refractivity contribution is 0.669. The first-order valence-electron chi connectivity index (χ1n) is 23.4. The molecule has 0 saturated carbocycles. The summed E-state index contributed by atoms with van der Waals surface area (Å²) in [5, 5.41) is 6.76. The molecule has 0 amide bonds. The Balaban J connectivity index is 0.861. The van der Waals surface area contributed by atoms with Crippen LogP contribution >= 0.6 is 0 Å². The summed E-state index contributed by atoms with van der Waals surface area (Å²) in [5.74, 6) is 0. The number of rotatable bonds is 6. The van der Waals surface area contributed by atoms with Crippen molar-refractivity contribution in [3.63, 3.8) is 0 Å². The molecule has 0 atom stereocenters. The molecule has 0 bridgehead atoms. The van der Waals surface area contributed by atoms with Crippen molar-refractivity contribution in [2.45, 2.75) is 0 Å². The average Bonchev–Trinajstić information content (AvgIpc) is 4.17. The van der Waals surface area contributed by atoms with Crippen LogP contribution in [0.3, 0.4) is 0 Å². The van der Waals surface area contributed by atoms with Crippen molar-refractivity contribution in [3.8, 4) is 50.4 Å². The number of para-hydroxylation sites is 2. The van der Waals surface area contributed by atoms with Gasteiger partial charge in [0.2, 0.25) is 0 Å². The van der Waals surface area contributed by atoms with Crippen LogP contribution in [-0.2, 0) is 0 Å². The Kier molecular flexibility index (Phi) is 8.20. The summed E-state index contributed by atoms with van der Waals surface area (Å²) in [6, 6.07) is 67.2. The summed E-state index contributed by atoms with van der Waals surface area (Å²) >= 11 is 0. The van der Waals surface area contributed by atoms with E-state index in [-0.39, 0.29) is 0 Å². The summed E-state index contributed by atoms with van der Waals surface area (Å²) in [6.07, 6.45) is 11.2. The number of hydrogen-bond donors (Lipinski definition) is 0. The van der Waals surface area contributed by atoms with Crippen LogP contribution in [0.1, 0.15) is 0 Å². The summed E-state index contributed by atoms with van der Waals surface area (Å²) in [5.41, 5.74) is 19.7. The van der Waals surface area contributed by atoms with Gasteiger partial charge in [-0.05, 0) is 143 Å². The van der Waals surface area contributed by atoms with Crippen molar-refractivity contribution in [1.82, 2.24) is 33.6 Å². The van der Waals surface area contributed by atoms with Gasteiger partial charge >= 0.3 is 0 Å². The van der Waals surface area contributed by atoms with Crippen molar-refractivity contribution in [3.05, 3.63) is 225 Å². The molecule has 0 aliphatic heterocycles. The van der Waals surface area contributed by atoms with Gasteiger partial charge < -0.3 is 18.1 Å². The fourth-order valence-corrected chi connectivity index (χ4v) is 11.0. The first-order chi connectivity index (χ1) is 34.7. The quantitative estimate of drug-likeness (QED) is 0.166. The molecule has 15 aromatic rings. The Bertz CT molecular complexity index is 4340. The minimum Gasteiger partial charge on any atom is -0.456 e. The lowest BCUT2D eigenvalue weighted by Crippen LogP contribution is -2.00. The van der Waals surface area contributed by atoms with Crippen LogP contribution < -0.4 is 0 Å². The molecule has 8 nitrogen and oxygen atoms in total. The Labute approximate surface area is 399 Å². The highest BCUT2D eigenvalue weighted by atomic mass is 16.3. The number of hydrogen-bond acceptors (Lipinski definition) is 5. The number of fused-ring (bicyclic) bond motifs is 12. The molecule has 0 radical (unpaired) electrons. The van der Waals surface area contributed by atoms with Crippen molar-refractivity contribution < 1.29 is 4.42 Å². The Morgan fingerprint density at radius 3 is 1.36 bits per heavy atom. The maximum absolute atomic E-state index is 6.46. The molecule has 0 fully saturated rings. The second-order valence-corrected chi connectivity index (χ2v) is 18.0. The zero-order valence-corrected chi connectivity index (χ0v) is 37.4. The average molecular weight is 896 g/mol. The molecular formula is C62H37N7O. The van der Waals surface area contributed by atoms with Crippen molar-refractivity contribution in [2.75, 3.05) is 0 Å². The largest absolute Gasteiger partial charge is 0.456 e. The number of aromatic nitrogens is 7. The highest BCUT2D eigenvalue weighted by molar-refractivity contribution is 6.12. The minimum absolute atomic E-state index is 0.866. The van der Waals surface area contributed by atoms with Gasteiger partial charge in [0.15, 0.2) is 0 Å². The maximum Gasteiger partial charge on any atom is 0.135 e. The van der Waals surface area contributed by atoms with E-state index in [0.717, 1.165) is 116 Å². The second-order valence-electron chi connectivity index (χ2n) is 18.0. The van der Waals surface area contributed by atoms with E-state index < -0.39 is 0 Å². The molecule has 7 aromatic carbocycles. The number of pyridine rings is 4. The zero-order valence-electron chi connectivity index (χ0n) is 37.4. The molecule has 326 valence electrons. The highest BCUT2D eigenvalue weighted by Crippen LogP contribution is 2.40. The van der Waals surface area contributed by atoms with E-state index >= 15 is 0 Å². The van der Waals surface area contributed by atoms with Crippen LogP contribution in [0.4, 0.5) is 0 Å². The van der Waals surface area contributed by atoms with Gasteiger partial charge in [0.1, 0.15) is 11.2 Å². The molecule has 0 saturated heterocycles. The standard InChI is InChI=1S/C62H37N7O/c1-3-15-53-47(13-1)48-14-2-4-16-54(48)67(53)44-20-22-60-52(35-44)51-33-42(19-21-59(51)70-60)40-11-5-9-38(29-40)39-10-6-12-41(30-39)43-31-45(68-55-17-7-25-65-61(55)49-23-27-63-36-57(49)68)34-46(32-43)69-56-18-8-26-66-62(56)50-24-28-64-37-58(50)69/h1-37H. The summed E-state index contributed by atoms with van der Waals surface area (Å²) in [4.78, 5) is 18.9. The Hall–Kier alpha value is -9.66. The van der Waals surface area contributed by atoms with Gasteiger partial charge in [0.05, 0.1) is 56.5 Å². The molecule has 0 unspecified atom stereocenters. The smallest absolute Gasteiger partial charge is 0.135 e. The van der Waals surface area contributed by atoms with Gasteiger partial charge in [0, 0.05) is 74.2 Å². The van der Waals surface area contributed by atoms with Crippen LogP contribution in [-0.4, -0.2) is 33.6 Å². The molecule has 0 aliphatic rings. The topological polar surface area (TPSA) is 79.5 Å². The van der Waals surface area contributed by atoms with E-state index in [4.69, 9.17) is 14.4 Å². The van der Waals surface area contributed by atoms with Gasteiger partial charge in [-0.2, -0.15) is 0 Å². The van der Waals surface area contributed by atoms with Crippen molar-refractivity contribution in [2.24, 2.45) is 0 Å². The Morgan fingerprint density at radius 1 is 0.286 bits per heavy atom. The second kappa shape index (κ2) is 14.9. The maximum atomic E-state index is 6.46. The SMILES string of the molecule is c1cc(-c2cccc(-c3ccc4oc5ccc(-n6c7ccccc7c7ccccc76)cc5c4c3)c2)cc(-c2cc(-n3c4cnccc4c4ncccc43)cc(-n3c4cnccc4c4ncccc43)c2)c1. The zero-order chi connectivity index (χ0) is 45.9. The monoisotopic (exact) mass is 895 g/mol. The molecule has 8 heteroatoms. The van der Waals surface area contributed by atoms with Gasteiger partial charge in [-0.25, -0.2) is 0 Å². The van der Waals surface area contributed by atoms with Crippen LogP contribution in [0.15, 0.2) is 230 Å². The van der Waals surface area contributed by atoms with Crippen LogP contribution in [0, 0.1) is 0 Å². The third kappa shape index (κ3) is 5.77. The lowest BCUT2D eigenvalue weighted by Gasteiger charge is -2.16. The number of benzene rings is 7. The third-order valence-corrected chi connectivity index (χ3v) is 14.1. The van der Waals surface area contributed by atoms with Crippen LogP contribution in [0.5, 0.6) is 0 Å². The summed E-state index contributed by atoms with van der Waals surface area (Å²) in [7, 11) is 0. The summed E-state index contributed by atoms with van der Waals surface area (Å²) < 4.78 is 13.4. The Morgan fingerprint density at radius 2 is 0.771 bits per heavy atom. The minimum atomic E-state index is 0.866. The van der Waals surface area contributed by atoms with E-state index in [9.17, 15) is 0 Å². The molecule has 0 N–H and O–H groups in total. The molecule has 0 aliphatic carbocycles. The van der Waals surface area contributed by atoms with E-state index in [1.54, 1.807) is 0 Å². The van der Waals surface area contributed by atoms with E-state index in [1.165, 1.54) is 21.8 Å². The van der Waals surface area contributed by atoms with E-state index in [0.29, 0.717) is 0 Å². The summed E-state index contributed by atoms with van der Waals surface area (Å²) in [6.45, 7) is 0. The lowest BCUT2D eigenvalue weighted by atomic mass is 9.95. The van der Waals surface area contributed by atoms with Crippen LogP contribution in [0.25, 0.3) is 138 Å². The van der Waals surface area contributed by atoms with Crippen molar-refractivity contribution in [1.29, 1.82) is 0 Å². The first kappa shape index (κ1) is 38.4. The highest BCUT2D eigenvalue weighted by Gasteiger charge is 2.20. The van der Waals surface area contributed by atoms with E-state index in [1.807, 2.05) is 61.4 Å². The van der Waals surface area contributed by atoms with Gasteiger partial charge in [0.25, 0.3) is 0 Å². The van der Waals surface area contributed by atoms with Gasteiger partial charge in [-0.3, -0.25) is 19.9 Å². The van der Waals surface area contributed by atoms with Gasteiger partial charge in [-0.1, -0.05) is 78.9 Å². The number of nitrogens with zero attached hydrogens (tertiary/aromatic N) is 7. The molecule has 70 heavy (non-hydrogen) atoms. The number of furan rings is 1. The normalized spacial score (nSPS) is 12.0. The fraction of sp³-hybridized carbons (Fsp3) is 0. The molecular weight excluding hydrogens is 859 g/mol. The predicted molar refractivity (Wildman–Crippen MR) is 284 cm³/mol. The predicted octanol–water partition coefficient (Wildman–Crippen LogP) is 15.5. The molecule has 15 rings (SSSR count). The first-order valence-corrected chi connectivity index (χ1v) is 23.4. The van der Waals surface area contributed by atoms with Gasteiger partial charge in [-0.15, -0.1) is 0 Å². The molecule has 0 spiro atoms. The van der Waals surface area contributed by atoms with E-state index in [2.05, 4.69) is 187 Å².